The highest BCUT2D eigenvalue weighted by Gasteiger charge is 2.38. The van der Waals surface area contributed by atoms with Gasteiger partial charge < -0.3 is 10.2 Å². The van der Waals surface area contributed by atoms with E-state index in [2.05, 4.69) is 26.1 Å². The molecule has 3 heterocycles. The first-order valence-corrected chi connectivity index (χ1v) is 9.19. The number of carbonyl (C=O) groups excluding carboxylic acids is 2. The Bertz CT molecular complexity index is 577. The third-order valence-electron chi connectivity index (χ3n) is 4.49. The number of fused-ring (bicyclic) bond motifs is 2. The summed E-state index contributed by atoms with van der Waals surface area (Å²) in [5.74, 6) is 0.234. The molecule has 0 saturated carbocycles. The zero-order valence-electron chi connectivity index (χ0n) is 12.5. The lowest BCUT2D eigenvalue weighted by molar-refractivity contribution is -0.132. The summed E-state index contributed by atoms with van der Waals surface area (Å²) >= 11 is 5.09. The molecule has 0 aliphatic carbocycles. The first-order chi connectivity index (χ1) is 10.5. The van der Waals surface area contributed by atoms with Crippen LogP contribution < -0.4 is 5.32 Å². The smallest absolute Gasteiger partial charge is 0.236 e. The van der Waals surface area contributed by atoms with Crippen LogP contribution in [0.1, 0.15) is 24.1 Å². The zero-order valence-corrected chi connectivity index (χ0v) is 15.0. The quantitative estimate of drug-likeness (QED) is 0.859. The van der Waals surface area contributed by atoms with Crippen LogP contribution in [0.4, 0.5) is 0 Å². The molecule has 2 aliphatic heterocycles. The van der Waals surface area contributed by atoms with E-state index >= 15 is 0 Å². The predicted octanol–water partition coefficient (Wildman–Crippen LogP) is 1.82. The van der Waals surface area contributed by atoms with Gasteiger partial charge >= 0.3 is 0 Å². The van der Waals surface area contributed by atoms with Crippen molar-refractivity contribution in [3.8, 4) is 0 Å². The molecular formula is C15H20BrN3O2S. The molecule has 120 valence electrons. The number of nitrogens with one attached hydrogen (secondary N) is 1. The van der Waals surface area contributed by atoms with Gasteiger partial charge in [-0.15, -0.1) is 11.3 Å². The second kappa shape index (κ2) is 6.68. The molecule has 2 bridgehead atoms. The molecule has 2 saturated heterocycles. The molecule has 2 aliphatic rings. The van der Waals surface area contributed by atoms with Gasteiger partial charge in [-0.25, -0.2) is 0 Å². The number of nitrogens with zero attached hydrogens (tertiary/aromatic N) is 2. The zero-order chi connectivity index (χ0) is 15.7. The van der Waals surface area contributed by atoms with Crippen molar-refractivity contribution in [2.24, 2.45) is 0 Å². The number of rotatable bonds is 4. The van der Waals surface area contributed by atoms with Gasteiger partial charge in [-0.3, -0.25) is 14.5 Å². The first kappa shape index (κ1) is 16.0. The van der Waals surface area contributed by atoms with Crippen LogP contribution in [-0.2, 0) is 16.1 Å². The van der Waals surface area contributed by atoms with Crippen LogP contribution in [0.15, 0.2) is 15.9 Å². The molecule has 2 atom stereocenters. The summed E-state index contributed by atoms with van der Waals surface area (Å²) in [5, 5.41) is 4.97. The third-order valence-corrected chi connectivity index (χ3v) is 6.17. The summed E-state index contributed by atoms with van der Waals surface area (Å²) in [4.78, 5) is 29.3. The lowest BCUT2D eigenvalue weighted by Gasteiger charge is -2.28. The first-order valence-electron chi connectivity index (χ1n) is 7.52. The van der Waals surface area contributed by atoms with Crippen LogP contribution in [0.2, 0.25) is 0 Å². The topological polar surface area (TPSA) is 52.7 Å². The summed E-state index contributed by atoms with van der Waals surface area (Å²) in [6.07, 6.45) is 2.61. The minimum Gasteiger partial charge on any atom is -0.354 e. The Morgan fingerprint density at radius 2 is 2.27 bits per heavy atom. The van der Waals surface area contributed by atoms with Crippen LogP contribution in [0.25, 0.3) is 0 Å². The van der Waals surface area contributed by atoms with Gasteiger partial charge in [0.05, 0.1) is 13.1 Å². The Hall–Kier alpha value is -0.920. The van der Waals surface area contributed by atoms with Crippen molar-refractivity contribution in [2.75, 3.05) is 20.1 Å². The lowest BCUT2D eigenvalue weighted by atomic mass is 10.1. The Morgan fingerprint density at radius 3 is 3.00 bits per heavy atom. The van der Waals surface area contributed by atoms with Crippen molar-refractivity contribution in [2.45, 2.75) is 37.9 Å². The number of thiophene rings is 1. The number of hydrogen-bond donors (Lipinski definition) is 1. The fraction of sp³-hybridized carbons (Fsp3) is 0.600. The van der Waals surface area contributed by atoms with E-state index in [9.17, 15) is 9.59 Å². The number of amides is 2. The molecule has 2 amide bonds. The maximum atomic E-state index is 12.5. The molecule has 3 rings (SSSR count). The highest BCUT2D eigenvalue weighted by Crippen LogP contribution is 2.28. The molecule has 2 unspecified atom stereocenters. The molecule has 1 N–H and O–H groups in total. The summed E-state index contributed by atoms with van der Waals surface area (Å²) in [5.41, 5.74) is 0. The molecule has 1 aromatic heterocycles. The number of hydrogen-bond acceptors (Lipinski definition) is 4. The van der Waals surface area contributed by atoms with E-state index in [1.165, 1.54) is 4.88 Å². The van der Waals surface area contributed by atoms with Crippen molar-refractivity contribution >= 4 is 39.1 Å². The van der Waals surface area contributed by atoms with Crippen LogP contribution in [-0.4, -0.2) is 53.8 Å². The molecule has 1 aromatic rings. The SMILES string of the molecule is CN(Cc1cc(Br)cs1)C(=O)CN1C2CCC1CC(=O)NC2. The minimum absolute atomic E-state index is 0.112. The number of carbonyl (C=O) groups is 2. The maximum Gasteiger partial charge on any atom is 0.236 e. The Balaban J connectivity index is 1.60. The standard InChI is InChI=1S/C15H20BrN3O2S/c1-18(7-13-4-10(16)9-22-13)15(21)8-19-11-2-3-12(19)6-17-14(20)5-11/h4,9,11-12H,2-3,5-8H2,1H3,(H,17,20). The van der Waals surface area contributed by atoms with Gasteiger partial charge in [0, 0.05) is 46.8 Å². The lowest BCUT2D eigenvalue weighted by Crippen LogP contribution is -2.44. The summed E-state index contributed by atoms with van der Waals surface area (Å²) in [6, 6.07) is 2.58. The van der Waals surface area contributed by atoms with Crippen molar-refractivity contribution in [3.05, 3.63) is 20.8 Å². The minimum atomic E-state index is 0.112. The molecule has 22 heavy (non-hydrogen) atoms. The van der Waals surface area contributed by atoms with E-state index in [-0.39, 0.29) is 17.9 Å². The van der Waals surface area contributed by atoms with Gasteiger partial charge in [-0.2, -0.15) is 0 Å². The van der Waals surface area contributed by atoms with Gasteiger partial charge in [0.25, 0.3) is 0 Å². The predicted molar refractivity (Wildman–Crippen MR) is 89.6 cm³/mol. The Morgan fingerprint density at radius 1 is 1.50 bits per heavy atom. The number of halogens is 1. The molecule has 7 heteroatoms. The average Bonchev–Trinajstić information content (AvgIpc) is 2.98. The second-order valence-electron chi connectivity index (χ2n) is 6.05. The summed E-state index contributed by atoms with van der Waals surface area (Å²) in [7, 11) is 1.85. The molecule has 0 aromatic carbocycles. The van der Waals surface area contributed by atoms with Crippen molar-refractivity contribution in [3.63, 3.8) is 0 Å². The average molecular weight is 386 g/mol. The van der Waals surface area contributed by atoms with E-state index in [0.717, 1.165) is 17.3 Å². The monoisotopic (exact) mass is 385 g/mol. The van der Waals surface area contributed by atoms with Gasteiger partial charge in [0.15, 0.2) is 0 Å². The maximum absolute atomic E-state index is 12.5. The molecule has 0 radical (unpaired) electrons. The normalized spacial score (nSPS) is 24.9. The fourth-order valence-electron chi connectivity index (χ4n) is 3.26. The van der Waals surface area contributed by atoms with Crippen molar-refractivity contribution in [1.29, 1.82) is 0 Å². The largest absolute Gasteiger partial charge is 0.354 e. The van der Waals surface area contributed by atoms with Crippen LogP contribution >= 0.6 is 27.3 Å². The Kier molecular flexibility index (Phi) is 4.84. The van der Waals surface area contributed by atoms with E-state index in [4.69, 9.17) is 0 Å². The van der Waals surface area contributed by atoms with Gasteiger partial charge in [0.1, 0.15) is 0 Å². The molecular weight excluding hydrogens is 366 g/mol. The van der Waals surface area contributed by atoms with Crippen molar-refractivity contribution in [1.82, 2.24) is 15.1 Å². The Labute approximate surface area is 142 Å². The second-order valence-corrected chi connectivity index (χ2v) is 7.96. The van der Waals surface area contributed by atoms with Crippen LogP contribution in [0, 0.1) is 0 Å². The van der Waals surface area contributed by atoms with E-state index in [0.29, 0.717) is 32.1 Å². The molecule has 0 spiro atoms. The number of likely N-dealkylation sites (N-methyl/N-ethyl adjacent to an activating group) is 1. The van der Waals surface area contributed by atoms with Crippen LogP contribution in [0.5, 0.6) is 0 Å². The highest BCUT2D eigenvalue weighted by atomic mass is 79.9. The summed E-state index contributed by atoms with van der Waals surface area (Å²) < 4.78 is 1.06. The van der Waals surface area contributed by atoms with Gasteiger partial charge in [0.2, 0.25) is 11.8 Å². The van der Waals surface area contributed by atoms with Gasteiger partial charge in [-0.05, 0) is 34.8 Å². The molecule has 2 fully saturated rings. The van der Waals surface area contributed by atoms with Crippen LogP contribution in [0.3, 0.4) is 0 Å². The highest BCUT2D eigenvalue weighted by molar-refractivity contribution is 9.10. The third kappa shape index (κ3) is 3.52. The van der Waals surface area contributed by atoms with Gasteiger partial charge in [-0.1, -0.05) is 0 Å². The van der Waals surface area contributed by atoms with Crippen molar-refractivity contribution < 1.29 is 9.59 Å². The fourth-order valence-corrected chi connectivity index (χ4v) is 4.77. The van der Waals surface area contributed by atoms with E-state index < -0.39 is 0 Å². The van der Waals surface area contributed by atoms with E-state index in [1.54, 1.807) is 16.2 Å². The summed E-state index contributed by atoms with van der Waals surface area (Å²) in [6.45, 7) is 1.72. The molecule has 5 nitrogen and oxygen atoms in total. The van der Waals surface area contributed by atoms with E-state index in [1.807, 2.05) is 18.5 Å².